The van der Waals surface area contributed by atoms with Crippen molar-refractivity contribution in [2.24, 2.45) is 0 Å². The average Bonchev–Trinajstić information content (AvgIpc) is 2.46. The van der Waals surface area contributed by atoms with Crippen LogP contribution in [0.5, 0.6) is 0 Å². The Hall–Kier alpha value is -0.310. The van der Waals surface area contributed by atoms with Gasteiger partial charge < -0.3 is 4.57 Å². The molecule has 0 spiro atoms. The average molecular weight is 231 g/mol. The number of hydrogen-bond donors (Lipinski definition) is 0. The van der Waals surface area contributed by atoms with Crippen LogP contribution in [0.3, 0.4) is 0 Å². The third-order valence-corrected chi connectivity index (χ3v) is 2.52. The second-order valence-corrected chi connectivity index (χ2v) is 3.71. The van der Waals surface area contributed by atoms with Crippen LogP contribution in [0.2, 0.25) is 0 Å². The van der Waals surface area contributed by atoms with Gasteiger partial charge >= 0.3 is 0 Å². The molecule has 1 aromatic heterocycles. The molecule has 0 aliphatic heterocycles. The topological polar surface area (TPSA) is 17.8 Å². The van der Waals surface area contributed by atoms with Crippen molar-refractivity contribution in [1.29, 1.82) is 0 Å². The van der Waals surface area contributed by atoms with Crippen molar-refractivity contribution in [3.05, 3.63) is 18.2 Å². The van der Waals surface area contributed by atoms with E-state index in [9.17, 15) is 0 Å². The van der Waals surface area contributed by atoms with Crippen LogP contribution in [-0.2, 0) is 6.54 Å². The number of rotatable bonds is 5. The van der Waals surface area contributed by atoms with Crippen molar-refractivity contribution in [1.82, 2.24) is 9.55 Å². The van der Waals surface area contributed by atoms with Crippen molar-refractivity contribution < 1.29 is 0 Å². The fourth-order valence-corrected chi connectivity index (χ4v) is 1.59. The number of aromatic nitrogens is 2. The summed E-state index contributed by atoms with van der Waals surface area (Å²) in [6.45, 7) is 3.16. The summed E-state index contributed by atoms with van der Waals surface area (Å²) in [5.41, 5.74) is 0. The van der Waals surface area contributed by atoms with E-state index in [1.165, 1.54) is 19.3 Å². The lowest BCUT2D eigenvalue weighted by Crippen LogP contribution is -1.98. The third-order valence-electron chi connectivity index (χ3n) is 1.96. The van der Waals surface area contributed by atoms with E-state index in [0.29, 0.717) is 0 Å². The van der Waals surface area contributed by atoms with Gasteiger partial charge in [0.15, 0.2) is 0 Å². The molecule has 0 aliphatic rings. The van der Waals surface area contributed by atoms with E-state index in [2.05, 4.69) is 25.5 Å². The van der Waals surface area contributed by atoms with Crippen LogP contribution in [0.1, 0.15) is 25.1 Å². The zero-order valence-corrected chi connectivity index (χ0v) is 9.05. The fourth-order valence-electron chi connectivity index (χ4n) is 1.19. The van der Waals surface area contributed by atoms with Gasteiger partial charge in [-0.3, -0.25) is 0 Å². The van der Waals surface area contributed by atoms with E-state index in [4.69, 9.17) is 0 Å². The molecule has 3 heteroatoms. The molecule has 0 atom stereocenters. The van der Waals surface area contributed by atoms with E-state index in [1.807, 2.05) is 19.3 Å². The van der Waals surface area contributed by atoms with Gasteiger partial charge in [-0.15, -0.1) is 0 Å². The molecule has 0 unspecified atom stereocenters. The Morgan fingerprint density at radius 3 is 2.83 bits per heavy atom. The van der Waals surface area contributed by atoms with Crippen LogP contribution in [0.4, 0.5) is 0 Å². The highest BCUT2D eigenvalue weighted by Crippen LogP contribution is 2.03. The predicted octanol–water partition coefficient (Wildman–Crippen LogP) is 2.76. The zero-order valence-electron chi connectivity index (χ0n) is 7.46. The summed E-state index contributed by atoms with van der Waals surface area (Å²) in [5.74, 6) is 1.12. The van der Waals surface area contributed by atoms with E-state index in [-0.39, 0.29) is 0 Å². The van der Waals surface area contributed by atoms with Crippen molar-refractivity contribution in [3.8, 4) is 0 Å². The highest BCUT2D eigenvalue weighted by atomic mass is 79.9. The Balaban J connectivity index is 2.20. The molecular weight excluding hydrogens is 216 g/mol. The summed E-state index contributed by atoms with van der Waals surface area (Å²) in [7, 11) is 0. The predicted molar refractivity (Wildman–Crippen MR) is 54.6 cm³/mol. The van der Waals surface area contributed by atoms with E-state index in [1.54, 1.807) is 0 Å². The first-order valence-corrected chi connectivity index (χ1v) is 5.50. The Morgan fingerprint density at radius 1 is 1.42 bits per heavy atom. The molecular formula is C9H15BrN2. The summed E-state index contributed by atoms with van der Waals surface area (Å²) in [6.07, 6.45) is 7.72. The minimum absolute atomic E-state index is 1.11. The third kappa shape index (κ3) is 2.97. The van der Waals surface area contributed by atoms with Gasteiger partial charge in [0.1, 0.15) is 5.82 Å². The number of hydrogen-bond acceptors (Lipinski definition) is 1. The van der Waals surface area contributed by atoms with Crippen LogP contribution in [0.25, 0.3) is 0 Å². The first kappa shape index (κ1) is 9.78. The minimum Gasteiger partial charge on any atom is -0.335 e. The highest BCUT2D eigenvalue weighted by Gasteiger charge is 1.95. The fraction of sp³-hybridized carbons (Fsp3) is 0.667. The maximum Gasteiger partial charge on any atom is 0.105 e. The maximum absolute atomic E-state index is 4.17. The minimum atomic E-state index is 1.11. The molecule has 0 aromatic carbocycles. The van der Waals surface area contributed by atoms with Crippen LogP contribution < -0.4 is 0 Å². The molecule has 0 amide bonds. The van der Waals surface area contributed by atoms with Gasteiger partial charge in [0.25, 0.3) is 0 Å². The molecule has 1 rings (SSSR count). The van der Waals surface area contributed by atoms with Crippen LogP contribution >= 0.6 is 15.9 Å². The lowest BCUT2D eigenvalue weighted by atomic mass is 10.2. The van der Waals surface area contributed by atoms with Gasteiger partial charge in [0, 0.05) is 24.3 Å². The van der Waals surface area contributed by atoms with Gasteiger partial charge in [-0.05, 0) is 19.8 Å². The number of nitrogens with zero attached hydrogens (tertiary/aromatic N) is 2. The molecule has 0 fully saturated rings. The maximum atomic E-state index is 4.17. The van der Waals surface area contributed by atoms with Crippen LogP contribution in [0.15, 0.2) is 12.4 Å². The van der Waals surface area contributed by atoms with Gasteiger partial charge in [-0.25, -0.2) is 4.98 Å². The standard InChI is InChI=1S/C9H15BrN2/c1-9-11-6-8-12(9)7-4-2-3-5-10/h6,8H,2-5,7H2,1H3. The quantitative estimate of drug-likeness (QED) is 0.562. The number of aryl methyl sites for hydroxylation is 2. The molecule has 2 nitrogen and oxygen atoms in total. The monoisotopic (exact) mass is 230 g/mol. The van der Waals surface area contributed by atoms with Gasteiger partial charge in [-0.1, -0.05) is 22.4 Å². The molecule has 0 saturated heterocycles. The van der Waals surface area contributed by atoms with Crippen molar-refractivity contribution in [2.45, 2.75) is 32.7 Å². The van der Waals surface area contributed by atoms with Crippen LogP contribution in [-0.4, -0.2) is 14.9 Å². The van der Waals surface area contributed by atoms with E-state index < -0.39 is 0 Å². The first-order chi connectivity index (χ1) is 5.84. The Bertz CT molecular complexity index is 220. The van der Waals surface area contributed by atoms with Gasteiger partial charge in [-0.2, -0.15) is 0 Å². The molecule has 0 saturated carbocycles. The van der Waals surface area contributed by atoms with E-state index in [0.717, 1.165) is 17.7 Å². The zero-order chi connectivity index (χ0) is 8.81. The largest absolute Gasteiger partial charge is 0.335 e. The normalized spacial score (nSPS) is 10.5. The Kier molecular flexibility index (Phi) is 4.36. The van der Waals surface area contributed by atoms with Crippen molar-refractivity contribution >= 4 is 15.9 Å². The summed E-state index contributed by atoms with van der Waals surface area (Å²) in [5, 5.41) is 1.12. The molecule has 1 heterocycles. The smallest absolute Gasteiger partial charge is 0.105 e. The molecule has 12 heavy (non-hydrogen) atoms. The molecule has 68 valence electrons. The first-order valence-electron chi connectivity index (χ1n) is 4.38. The summed E-state index contributed by atoms with van der Waals surface area (Å²) >= 11 is 3.42. The molecule has 0 N–H and O–H groups in total. The molecule has 0 bridgehead atoms. The molecule has 0 radical (unpaired) electrons. The number of unbranched alkanes of at least 4 members (excludes halogenated alkanes) is 2. The summed E-state index contributed by atoms with van der Waals surface area (Å²) in [4.78, 5) is 4.17. The van der Waals surface area contributed by atoms with Gasteiger partial charge in [0.2, 0.25) is 0 Å². The Morgan fingerprint density at radius 2 is 2.25 bits per heavy atom. The van der Waals surface area contributed by atoms with E-state index >= 15 is 0 Å². The summed E-state index contributed by atoms with van der Waals surface area (Å²) < 4.78 is 2.20. The SMILES string of the molecule is Cc1nccn1CCCCCBr. The molecule has 1 aromatic rings. The highest BCUT2D eigenvalue weighted by molar-refractivity contribution is 9.09. The number of halogens is 1. The second-order valence-electron chi connectivity index (χ2n) is 2.92. The van der Waals surface area contributed by atoms with Crippen molar-refractivity contribution in [2.75, 3.05) is 5.33 Å². The Labute approximate surface area is 82.1 Å². The van der Waals surface area contributed by atoms with Crippen molar-refractivity contribution in [3.63, 3.8) is 0 Å². The lowest BCUT2D eigenvalue weighted by Gasteiger charge is -2.03. The summed E-state index contributed by atoms with van der Waals surface area (Å²) in [6, 6.07) is 0. The number of alkyl halides is 1. The molecule has 0 aliphatic carbocycles. The lowest BCUT2D eigenvalue weighted by molar-refractivity contribution is 0.593. The van der Waals surface area contributed by atoms with Gasteiger partial charge in [0.05, 0.1) is 0 Å². The number of imidazole rings is 1. The van der Waals surface area contributed by atoms with Crippen LogP contribution in [0, 0.1) is 6.92 Å². The second kappa shape index (κ2) is 5.36.